The molecule has 0 aromatic carbocycles. The second kappa shape index (κ2) is 3.25. The van der Waals surface area contributed by atoms with Gasteiger partial charge in [-0.15, -0.1) is 0 Å². The fraction of sp³-hybridized carbons (Fsp3) is 1.00. The highest BCUT2D eigenvalue weighted by Crippen LogP contribution is 2.35. The maximum atomic E-state index is 10.2. The topological polar surface area (TPSA) is 58.6 Å². The Hall–Kier alpha value is 0.175. The highest BCUT2D eigenvalue weighted by Gasteiger charge is 2.01. The zero-order chi connectivity index (χ0) is 6.62. The van der Waals surface area contributed by atoms with Crippen molar-refractivity contribution in [2.45, 2.75) is 6.82 Å². The van der Waals surface area contributed by atoms with Crippen LogP contribution in [0, 0.1) is 0 Å². The predicted octanol–water partition coefficient (Wildman–Crippen LogP) is -0.215. The molecule has 0 aliphatic carbocycles. The molecule has 0 fully saturated rings. The first-order chi connectivity index (χ1) is 3.62. The number of phosphoric ester groups is 1. The normalized spacial score (nSPS) is 17.4. The minimum atomic E-state index is -3.98. The van der Waals surface area contributed by atoms with Gasteiger partial charge in [-0.1, -0.05) is 6.82 Å². The summed E-state index contributed by atoms with van der Waals surface area (Å²) in [6.45, 7) is 1.45. The summed E-state index contributed by atoms with van der Waals surface area (Å²) in [5.41, 5.74) is 0. The molecule has 1 atom stereocenters. The molecule has 0 aliphatic heterocycles. The maximum Gasteiger partial charge on any atom is 0.300 e. The lowest BCUT2D eigenvalue weighted by Crippen LogP contribution is -2.06. The lowest BCUT2D eigenvalue weighted by molar-refractivity contribution is -0.214. The van der Waals surface area contributed by atoms with Crippen molar-refractivity contribution in [2.75, 3.05) is 7.11 Å². The van der Waals surface area contributed by atoms with E-state index < -0.39 is 7.82 Å². The van der Waals surface area contributed by atoms with Gasteiger partial charge < -0.3 is 13.9 Å². The first-order valence-corrected chi connectivity index (χ1v) is 3.41. The molecule has 1 radical (unpaired) electrons. The van der Waals surface area contributed by atoms with E-state index in [0.717, 1.165) is 14.6 Å². The summed E-state index contributed by atoms with van der Waals surface area (Å²) in [5, 5.41) is 0. The van der Waals surface area contributed by atoms with Gasteiger partial charge in [0.2, 0.25) is 0 Å². The molecule has 0 spiro atoms. The number of hydrogen-bond acceptors (Lipinski definition) is 4. The number of phosphoric acid groups is 1. The van der Waals surface area contributed by atoms with Crippen LogP contribution in [0.4, 0.5) is 0 Å². The largest absolute Gasteiger partial charge is 0.757 e. The van der Waals surface area contributed by atoms with Gasteiger partial charge in [0.1, 0.15) is 0 Å². The summed E-state index contributed by atoms with van der Waals surface area (Å²) in [5.74, 6) is 0. The minimum absolute atomic E-state index is 1.04. The molecule has 0 saturated carbocycles. The van der Waals surface area contributed by atoms with E-state index in [0.29, 0.717) is 0 Å². The first-order valence-electron chi connectivity index (χ1n) is 1.95. The molecule has 8 heavy (non-hydrogen) atoms. The Morgan fingerprint density at radius 1 is 1.75 bits per heavy atom. The lowest BCUT2D eigenvalue weighted by Gasteiger charge is -2.18. The summed E-state index contributed by atoms with van der Waals surface area (Å²) in [7, 11) is -1.90. The molecule has 0 bridgehead atoms. The van der Waals surface area contributed by atoms with E-state index in [4.69, 9.17) is 0 Å². The molecular weight excluding hydrogens is 130 g/mol. The molecule has 6 heteroatoms. The highest BCUT2D eigenvalue weighted by molar-refractivity contribution is 7.47. The summed E-state index contributed by atoms with van der Waals surface area (Å²) < 4.78 is 18.1. The third-order valence-corrected chi connectivity index (χ3v) is 1.37. The Morgan fingerprint density at radius 3 is 2.38 bits per heavy atom. The second-order valence-corrected chi connectivity index (χ2v) is 2.44. The lowest BCUT2D eigenvalue weighted by atomic mass is 10.1. The summed E-state index contributed by atoms with van der Waals surface area (Å²) in [6.07, 6.45) is 0. The SMILES string of the molecule is C[B]OP(=O)([O-])OC. The molecule has 0 aromatic heterocycles. The van der Waals surface area contributed by atoms with Crippen molar-refractivity contribution in [1.82, 2.24) is 0 Å². The number of rotatable bonds is 3. The van der Waals surface area contributed by atoms with Crippen LogP contribution in [0.25, 0.3) is 0 Å². The minimum Gasteiger partial charge on any atom is -0.757 e. The van der Waals surface area contributed by atoms with Crippen molar-refractivity contribution < 1.29 is 18.4 Å². The Morgan fingerprint density at radius 2 is 2.25 bits per heavy atom. The van der Waals surface area contributed by atoms with Crippen molar-refractivity contribution in [2.24, 2.45) is 0 Å². The van der Waals surface area contributed by atoms with Crippen molar-refractivity contribution in [3.8, 4) is 0 Å². The van der Waals surface area contributed by atoms with Gasteiger partial charge in [0, 0.05) is 7.11 Å². The van der Waals surface area contributed by atoms with E-state index in [1.165, 1.54) is 6.82 Å². The van der Waals surface area contributed by atoms with Crippen molar-refractivity contribution in [1.29, 1.82) is 0 Å². The van der Waals surface area contributed by atoms with Crippen molar-refractivity contribution >= 4 is 15.3 Å². The Balaban J connectivity index is 3.55. The predicted molar refractivity (Wildman–Crippen MR) is 27.3 cm³/mol. The van der Waals surface area contributed by atoms with Gasteiger partial charge in [0.15, 0.2) is 0 Å². The van der Waals surface area contributed by atoms with Crippen LogP contribution in [-0.4, -0.2) is 14.6 Å². The third-order valence-electron chi connectivity index (χ3n) is 0.458. The molecule has 0 aliphatic rings. The van der Waals surface area contributed by atoms with Crippen LogP contribution in [0.3, 0.4) is 0 Å². The van der Waals surface area contributed by atoms with Gasteiger partial charge in [-0.3, -0.25) is 4.57 Å². The third kappa shape index (κ3) is 3.21. The highest BCUT2D eigenvalue weighted by atomic mass is 31.2. The molecule has 0 amide bonds. The van der Waals surface area contributed by atoms with Crippen LogP contribution in [-0.2, 0) is 13.5 Å². The van der Waals surface area contributed by atoms with E-state index in [1.54, 1.807) is 0 Å². The average molecular weight is 136 g/mol. The van der Waals surface area contributed by atoms with Crippen LogP contribution < -0.4 is 4.89 Å². The van der Waals surface area contributed by atoms with Crippen LogP contribution in [0.5, 0.6) is 0 Å². The quantitative estimate of drug-likeness (QED) is 0.397. The number of hydrogen-bond donors (Lipinski definition) is 0. The summed E-state index contributed by atoms with van der Waals surface area (Å²) in [6, 6.07) is 0. The Bertz CT molecular complexity index is 104. The Labute approximate surface area is 48.7 Å². The van der Waals surface area contributed by atoms with Crippen molar-refractivity contribution in [3.63, 3.8) is 0 Å². The maximum absolute atomic E-state index is 10.2. The van der Waals surface area contributed by atoms with Crippen LogP contribution >= 0.6 is 7.82 Å². The van der Waals surface area contributed by atoms with Crippen LogP contribution in [0.1, 0.15) is 0 Å². The Kier molecular flexibility index (Phi) is 3.32. The average Bonchev–Trinajstić information content (AvgIpc) is 1.67. The van der Waals surface area contributed by atoms with E-state index in [9.17, 15) is 9.46 Å². The standard InChI is InChI=1S/C2H7BO4P/c1-3-7-8(4,5)6-2/h1-2H3,(H,4,5)/p-1. The van der Waals surface area contributed by atoms with Gasteiger partial charge >= 0.3 is 0 Å². The molecule has 4 nitrogen and oxygen atoms in total. The van der Waals surface area contributed by atoms with Gasteiger partial charge in [-0.05, 0) is 0 Å². The van der Waals surface area contributed by atoms with Crippen LogP contribution in [0.15, 0.2) is 0 Å². The van der Waals surface area contributed by atoms with Gasteiger partial charge in [0.25, 0.3) is 15.3 Å². The molecule has 1 unspecified atom stereocenters. The van der Waals surface area contributed by atoms with E-state index in [1.807, 2.05) is 0 Å². The van der Waals surface area contributed by atoms with Gasteiger partial charge in [-0.2, -0.15) is 0 Å². The molecule has 0 rings (SSSR count). The second-order valence-electron chi connectivity index (χ2n) is 0.971. The van der Waals surface area contributed by atoms with Gasteiger partial charge in [0.05, 0.1) is 0 Å². The van der Waals surface area contributed by atoms with E-state index in [2.05, 4.69) is 8.96 Å². The first kappa shape index (κ1) is 8.17. The molecule has 0 aromatic rings. The van der Waals surface area contributed by atoms with E-state index in [-0.39, 0.29) is 0 Å². The van der Waals surface area contributed by atoms with Gasteiger partial charge in [-0.25, -0.2) is 0 Å². The smallest absolute Gasteiger partial charge is 0.300 e. The zero-order valence-electron chi connectivity index (χ0n) is 4.66. The summed E-state index contributed by atoms with van der Waals surface area (Å²) in [4.78, 5) is 10.2. The molecule has 0 N–H and O–H groups in total. The molecule has 0 heterocycles. The van der Waals surface area contributed by atoms with Crippen LogP contribution in [0.2, 0.25) is 6.82 Å². The molecular formula is C2H6BO4P-. The fourth-order valence-corrected chi connectivity index (χ4v) is 0.516. The van der Waals surface area contributed by atoms with Crippen molar-refractivity contribution in [3.05, 3.63) is 0 Å². The summed E-state index contributed by atoms with van der Waals surface area (Å²) >= 11 is 0. The van der Waals surface area contributed by atoms with E-state index >= 15 is 0 Å². The molecule has 0 saturated heterocycles. The molecule has 47 valence electrons. The fourth-order valence-electron chi connectivity index (χ4n) is 0.172. The monoisotopic (exact) mass is 136 g/mol. The zero-order valence-corrected chi connectivity index (χ0v) is 5.55.